The van der Waals surface area contributed by atoms with E-state index < -0.39 is 0 Å². The van der Waals surface area contributed by atoms with E-state index in [0.29, 0.717) is 12.3 Å². The van der Waals surface area contributed by atoms with Crippen molar-refractivity contribution in [3.8, 4) is 5.75 Å². The Bertz CT molecular complexity index is 815. The van der Waals surface area contributed by atoms with Crippen molar-refractivity contribution in [1.29, 1.82) is 0 Å². The summed E-state index contributed by atoms with van der Waals surface area (Å²) in [5.74, 6) is 0.676. The van der Waals surface area contributed by atoms with Gasteiger partial charge in [0.25, 0.3) is 0 Å². The molecule has 0 bridgehead atoms. The van der Waals surface area contributed by atoms with Gasteiger partial charge in [-0.15, -0.1) is 0 Å². The Hall–Kier alpha value is -3.02. The number of hydrogen-bond acceptors (Lipinski definition) is 3. The Morgan fingerprint density at radius 3 is 2.54 bits per heavy atom. The number of carbonyl (C=O) groups excluding carboxylic acids is 2. The van der Waals surface area contributed by atoms with Crippen LogP contribution in [0.2, 0.25) is 0 Å². The zero-order valence-corrected chi connectivity index (χ0v) is 15.2. The Morgan fingerprint density at radius 1 is 1.15 bits per heavy atom. The first kappa shape index (κ1) is 17.8. The molecule has 136 valence electrons. The molecule has 0 saturated carbocycles. The van der Waals surface area contributed by atoms with Gasteiger partial charge in [-0.1, -0.05) is 24.3 Å². The van der Waals surface area contributed by atoms with Crippen molar-refractivity contribution in [1.82, 2.24) is 5.32 Å². The minimum Gasteiger partial charge on any atom is -0.497 e. The molecule has 2 N–H and O–H groups in total. The number of benzene rings is 2. The van der Waals surface area contributed by atoms with Crippen LogP contribution in [0.3, 0.4) is 0 Å². The molecule has 3 rings (SSSR count). The van der Waals surface area contributed by atoms with Gasteiger partial charge >= 0.3 is 6.03 Å². The molecule has 2 aromatic carbocycles. The number of methoxy groups -OCH3 is 1. The van der Waals surface area contributed by atoms with Gasteiger partial charge in [0.05, 0.1) is 13.2 Å². The summed E-state index contributed by atoms with van der Waals surface area (Å²) in [7, 11) is 1.59. The predicted molar refractivity (Wildman–Crippen MR) is 102 cm³/mol. The number of amides is 3. The van der Waals surface area contributed by atoms with Gasteiger partial charge in [0.1, 0.15) is 5.75 Å². The molecule has 0 radical (unpaired) electrons. The van der Waals surface area contributed by atoms with E-state index in [0.717, 1.165) is 22.5 Å². The molecule has 0 aliphatic carbocycles. The molecule has 2 aromatic rings. The number of anilines is 2. The van der Waals surface area contributed by atoms with E-state index in [2.05, 4.69) is 10.6 Å². The summed E-state index contributed by atoms with van der Waals surface area (Å²) in [6, 6.07) is 12.7. The molecule has 26 heavy (non-hydrogen) atoms. The molecule has 0 unspecified atom stereocenters. The molecular weight excluding hydrogens is 330 g/mol. The largest absolute Gasteiger partial charge is 0.497 e. The number of rotatable bonds is 4. The topological polar surface area (TPSA) is 70.7 Å². The molecule has 1 aliphatic heterocycles. The average Bonchev–Trinajstić information content (AvgIpc) is 2.98. The standard InChI is InChI=1S/C20H23N3O3/c1-13-6-4-7-14(2)19(13)22-20(25)21-15-10-18(24)23(12-15)16-8-5-9-17(11-16)26-3/h4-9,11,15H,10,12H2,1-3H3,(H2,21,22,25)/t15-/m1/s1. The summed E-state index contributed by atoms with van der Waals surface area (Å²) in [5, 5.41) is 5.79. The number of nitrogens with one attached hydrogen (secondary N) is 2. The number of carbonyl (C=O) groups is 2. The maximum atomic E-state index is 12.4. The van der Waals surface area contributed by atoms with Gasteiger partial charge in [0.15, 0.2) is 0 Å². The number of nitrogens with zero attached hydrogens (tertiary/aromatic N) is 1. The Morgan fingerprint density at radius 2 is 1.85 bits per heavy atom. The fourth-order valence-electron chi connectivity index (χ4n) is 3.18. The first-order valence-corrected chi connectivity index (χ1v) is 8.56. The SMILES string of the molecule is COc1cccc(N2C[C@H](NC(=O)Nc3c(C)cccc3C)CC2=O)c1. The molecule has 0 aromatic heterocycles. The monoisotopic (exact) mass is 353 g/mol. The van der Waals surface area contributed by atoms with Crippen LogP contribution in [0, 0.1) is 13.8 Å². The van der Waals surface area contributed by atoms with Crippen LogP contribution in [-0.4, -0.2) is 31.6 Å². The summed E-state index contributed by atoms with van der Waals surface area (Å²) < 4.78 is 5.21. The number of hydrogen-bond donors (Lipinski definition) is 2. The Labute approximate surface area is 153 Å². The maximum absolute atomic E-state index is 12.4. The third kappa shape index (κ3) is 3.79. The zero-order chi connectivity index (χ0) is 18.7. The summed E-state index contributed by atoms with van der Waals surface area (Å²) in [6.45, 7) is 4.34. The molecule has 3 amide bonds. The molecule has 6 heteroatoms. The van der Waals surface area contributed by atoms with Gasteiger partial charge in [-0.05, 0) is 37.1 Å². The second-order valence-corrected chi connectivity index (χ2v) is 6.47. The van der Waals surface area contributed by atoms with Gasteiger partial charge in [-0.3, -0.25) is 4.79 Å². The van der Waals surface area contributed by atoms with Crippen LogP contribution in [0.1, 0.15) is 17.5 Å². The fourth-order valence-corrected chi connectivity index (χ4v) is 3.18. The first-order valence-electron chi connectivity index (χ1n) is 8.56. The summed E-state index contributed by atoms with van der Waals surface area (Å²) in [5.41, 5.74) is 3.58. The molecule has 1 saturated heterocycles. The van der Waals surface area contributed by atoms with Gasteiger partial charge in [0, 0.05) is 30.4 Å². The molecule has 1 fully saturated rings. The van der Waals surface area contributed by atoms with Crippen molar-refractivity contribution in [2.75, 3.05) is 23.9 Å². The normalized spacial score (nSPS) is 16.5. The van der Waals surface area contributed by atoms with E-state index >= 15 is 0 Å². The highest BCUT2D eigenvalue weighted by atomic mass is 16.5. The van der Waals surface area contributed by atoms with E-state index in [1.165, 1.54) is 0 Å². The lowest BCUT2D eigenvalue weighted by atomic mass is 10.1. The minimum atomic E-state index is -0.298. The van der Waals surface area contributed by atoms with Gasteiger partial charge in [-0.25, -0.2) is 4.79 Å². The number of aryl methyl sites for hydroxylation is 2. The van der Waals surface area contributed by atoms with Crippen LogP contribution < -0.4 is 20.3 Å². The van der Waals surface area contributed by atoms with Crippen molar-refractivity contribution in [2.45, 2.75) is 26.3 Å². The number of ether oxygens (including phenoxy) is 1. The molecule has 1 atom stereocenters. The minimum absolute atomic E-state index is 0.0179. The van der Waals surface area contributed by atoms with E-state index in [9.17, 15) is 9.59 Å². The summed E-state index contributed by atoms with van der Waals surface area (Å²) >= 11 is 0. The van der Waals surface area contributed by atoms with Gasteiger partial charge in [0.2, 0.25) is 5.91 Å². The third-order valence-corrected chi connectivity index (χ3v) is 4.54. The van der Waals surface area contributed by atoms with Crippen molar-refractivity contribution in [3.63, 3.8) is 0 Å². The highest BCUT2D eigenvalue weighted by Crippen LogP contribution is 2.25. The van der Waals surface area contributed by atoms with Crippen molar-refractivity contribution < 1.29 is 14.3 Å². The highest BCUT2D eigenvalue weighted by molar-refractivity contribution is 5.98. The number of urea groups is 1. The zero-order valence-electron chi connectivity index (χ0n) is 15.2. The predicted octanol–water partition coefficient (Wildman–Crippen LogP) is 3.24. The van der Waals surface area contributed by atoms with E-state index in [4.69, 9.17) is 4.74 Å². The Balaban J connectivity index is 1.64. The maximum Gasteiger partial charge on any atom is 0.319 e. The second kappa shape index (κ2) is 7.47. The van der Waals surface area contributed by atoms with Gasteiger partial charge < -0.3 is 20.3 Å². The van der Waals surface area contributed by atoms with Crippen molar-refractivity contribution in [2.24, 2.45) is 0 Å². The van der Waals surface area contributed by atoms with E-state index in [1.807, 2.05) is 56.3 Å². The van der Waals surface area contributed by atoms with Crippen molar-refractivity contribution in [3.05, 3.63) is 53.6 Å². The van der Waals surface area contributed by atoms with E-state index in [-0.39, 0.29) is 24.4 Å². The number of para-hydroxylation sites is 1. The van der Waals surface area contributed by atoms with Crippen LogP contribution in [0.25, 0.3) is 0 Å². The summed E-state index contributed by atoms with van der Waals surface area (Å²) in [6.07, 6.45) is 0.275. The Kier molecular flexibility index (Phi) is 5.11. The first-order chi connectivity index (χ1) is 12.5. The summed E-state index contributed by atoms with van der Waals surface area (Å²) in [4.78, 5) is 26.4. The molecule has 6 nitrogen and oxygen atoms in total. The fraction of sp³-hybridized carbons (Fsp3) is 0.300. The van der Waals surface area contributed by atoms with Crippen LogP contribution in [0.4, 0.5) is 16.2 Å². The quantitative estimate of drug-likeness (QED) is 0.886. The van der Waals surface area contributed by atoms with Crippen LogP contribution in [0.5, 0.6) is 5.75 Å². The molecule has 0 spiro atoms. The highest BCUT2D eigenvalue weighted by Gasteiger charge is 2.31. The second-order valence-electron chi connectivity index (χ2n) is 6.47. The lowest BCUT2D eigenvalue weighted by molar-refractivity contribution is -0.117. The third-order valence-electron chi connectivity index (χ3n) is 4.54. The van der Waals surface area contributed by atoms with Crippen LogP contribution in [0.15, 0.2) is 42.5 Å². The molecular formula is C20H23N3O3. The lowest BCUT2D eigenvalue weighted by Crippen LogP contribution is -2.40. The lowest BCUT2D eigenvalue weighted by Gasteiger charge is -2.18. The van der Waals surface area contributed by atoms with Gasteiger partial charge in [-0.2, -0.15) is 0 Å². The molecule has 1 heterocycles. The smallest absolute Gasteiger partial charge is 0.319 e. The van der Waals surface area contributed by atoms with Crippen LogP contribution in [-0.2, 0) is 4.79 Å². The van der Waals surface area contributed by atoms with E-state index in [1.54, 1.807) is 12.0 Å². The average molecular weight is 353 g/mol. The molecule has 1 aliphatic rings. The van der Waals surface area contributed by atoms with Crippen molar-refractivity contribution >= 4 is 23.3 Å². The van der Waals surface area contributed by atoms with Crippen LogP contribution >= 0.6 is 0 Å².